The summed E-state index contributed by atoms with van der Waals surface area (Å²) in [6, 6.07) is 0. The van der Waals surface area contributed by atoms with Crippen LogP contribution in [0.1, 0.15) is 10.5 Å². The highest BCUT2D eigenvalue weighted by Crippen LogP contribution is 2.09. The zero-order chi connectivity index (χ0) is 13.7. The summed E-state index contributed by atoms with van der Waals surface area (Å²) in [6.45, 7) is 0. The lowest BCUT2D eigenvalue weighted by atomic mass is 10.4. The van der Waals surface area contributed by atoms with Gasteiger partial charge in [-0.25, -0.2) is 4.98 Å². The normalized spacial score (nSPS) is 9.68. The van der Waals surface area contributed by atoms with Crippen molar-refractivity contribution in [2.75, 3.05) is 5.32 Å². The predicted molar refractivity (Wildman–Crippen MR) is 76.2 cm³/mol. The number of carbonyl (C=O) groups is 1. The first-order chi connectivity index (χ1) is 9.15. The van der Waals surface area contributed by atoms with Crippen molar-refractivity contribution < 1.29 is 4.79 Å². The number of hydrogen-bond donors (Lipinski definition) is 4. The summed E-state index contributed by atoms with van der Waals surface area (Å²) in [7, 11) is 0. The van der Waals surface area contributed by atoms with Crippen LogP contribution in [0.2, 0.25) is 0 Å². The highest BCUT2D eigenvalue weighted by Gasteiger charge is 2.07. The molecule has 0 saturated carbocycles. The van der Waals surface area contributed by atoms with Crippen molar-refractivity contribution in [1.29, 1.82) is 0 Å². The Morgan fingerprint density at radius 3 is 2.84 bits per heavy atom. The van der Waals surface area contributed by atoms with E-state index in [2.05, 4.69) is 36.3 Å². The van der Waals surface area contributed by atoms with Crippen LogP contribution in [0.4, 0.5) is 5.13 Å². The molecule has 0 spiro atoms. The zero-order valence-electron chi connectivity index (χ0n) is 9.21. The molecule has 0 aliphatic rings. The molecule has 1 amide bonds. The number of carbonyl (C=O) groups excluding carboxylic acids is 1. The molecule has 0 bridgehead atoms. The summed E-state index contributed by atoms with van der Waals surface area (Å²) in [6.07, 6.45) is 4.23. The molecule has 2 aromatic heterocycles. The van der Waals surface area contributed by atoms with Gasteiger partial charge in [0, 0.05) is 12.4 Å². The first kappa shape index (κ1) is 13.5. The van der Waals surface area contributed by atoms with E-state index in [-0.39, 0.29) is 10.8 Å². The second kappa shape index (κ2) is 6.26. The molecule has 0 aliphatic carbocycles. The summed E-state index contributed by atoms with van der Waals surface area (Å²) in [5.41, 5.74) is 5.06. The number of aromatic nitrogens is 4. The molecule has 98 valence electrons. The van der Waals surface area contributed by atoms with Gasteiger partial charge in [0.2, 0.25) is 5.13 Å². The minimum atomic E-state index is -0.452. The number of rotatable bonds is 2. The average molecular weight is 313 g/mol. The fourth-order valence-corrected chi connectivity index (χ4v) is 2.01. The van der Waals surface area contributed by atoms with Crippen molar-refractivity contribution in [2.24, 2.45) is 0 Å². The monoisotopic (exact) mass is 313 g/mol. The van der Waals surface area contributed by atoms with Crippen molar-refractivity contribution in [3.05, 3.63) is 28.2 Å². The van der Waals surface area contributed by atoms with Gasteiger partial charge < -0.3 is 5.32 Å². The maximum Gasteiger partial charge on any atom is 0.289 e. The third-order valence-electron chi connectivity index (χ3n) is 1.74. The first-order valence-electron chi connectivity index (χ1n) is 4.84. The number of hydrogen-bond acceptors (Lipinski definition) is 7. The number of nitrogens with zero attached hydrogens (tertiary/aromatic N) is 3. The van der Waals surface area contributed by atoms with Gasteiger partial charge >= 0.3 is 0 Å². The van der Waals surface area contributed by atoms with Crippen LogP contribution >= 0.6 is 35.8 Å². The zero-order valence-corrected chi connectivity index (χ0v) is 11.7. The third kappa shape index (κ3) is 4.01. The molecule has 0 unspecified atom stereocenters. The molecule has 11 heteroatoms. The van der Waals surface area contributed by atoms with Crippen LogP contribution in [0.25, 0.3) is 0 Å². The maximum absolute atomic E-state index is 11.6. The molecule has 0 atom stereocenters. The summed E-state index contributed by atoms with van der Waals surface area (Å²) in [4.78, 5) is 19.2. The number of nitrogens with one attached hydrogen (secondary N) is 4. The van der Waals surface area contributed by atoms with Gasteiger partial charge in [0.1, 0.15) is 5.69 Å². The van der Waals surface area contributed by atoms with Gasteiger partial charge in [-0.3, -0.25) is 25.7 Å². The smallest absolute Gasteiger partial charge is 0.289 e. The van der Waals surface area contributed by atoms with E-state index in [9.17, 15) is 4.79 Å². The van der Waals surface area contributed by atoms with Gasteiger partial charge in [-0.15, -0.1) is 5.10 Å². The summed E-state index contributed by atoms with van der Waals surface area (Å²) in [5.74, 6) is -0.452. The van der Waals surface area contributed by atoms with Crippen molar-refractivity contribution in [1.82, 2.24) is 31.0 Å². The fourth-order valence-electron chi connectivity index (χ4n) is 1.01. The Labute approximate surface area is 121 Å². The molecule has 8 nitrogen and oxygen atoms in total. The Balaban J connectivity index is 1.84. The molecular weight excluding hydrogens is 306 g/mol. The van der Waals surface area contributed by atoms with Crippen molar-refractivity contribution in [3.8, 4) is 0 Å². The number of thiocarbonyl (C=S) groups is 1. The van der Waals surface area contributed by atoms with E-state index in [0.717, 1.165) is 0 Å². The molecule has 0 aromatic carbocycles. The summed E-state index contributed by atoms with van der Waals surface area (Å²) >= 11 is 11.0. The molecule has 0 radical (unpaired) electrons. The van der Waals surface area contributed by atoms with E-state index < -0.39 is 5.91 Å². The molecule has 4 N–H and O–H groups in total. The lowest BCUT2D eigenvalue weighted by Crippen LogP contribution is -2.44. The summed E-state index contributed by atoms with van der Waals surface area (Å²) in [5, 5.41) is 9.87. The quantitative estimate of drug-likeness (QED) is 0.472. The van der Waals surface area contributed by atoms with Crippen LogP contribution in [0.5, 0.6) is 0 Å². The molecule has 0 aliphatic heterocycles. The fraction of sp³-hybridized carbons (Fsp3) is 0. The van der Waals surface area contributed by atoms with Gasteiger partial charge in [0.25, 0.3) is 5.91 Å². The Hall–Kier alpha value is -1.98. The lowest BCUT2D eigenvalue weighted by Gasteiger charge is -2.08. The van der Waals surface area contributed by atoms with E-state index in [1.54, 1.807) is 0 Å². The van der Waals surface area contributed by atoms with Gasteiger partial charge in [-0.1, -0.05) is 11.3 Å². The molecule has 2 aromatic rings. The van der Waals surface area contributed by atoms with Crippen LogP contribution in [0.3, 0.4) is 0 Å². The van der Waals surface area contributed by atoms with E-state index in [0.29, 0.717) is 9.09 Å². The maximum atomic E-state index is 11.6. The minimum absolute atomic E-state index is 0.174. The molecule has 2 rings (SSSR count). The van der Waals surface area contributed by atoms with Gasteiger partial charge in [0.15, 0.2) is 9.07 Å². The van der Waals surface area contributed by atoms with Crippen molar-refractivity contribution >= 4 is 51.9 Å². The number of H-pyrrole nitrogens is 1. The number of amides is 1. The van der Waals surface area contributed by atoms with E-state index in [1.165, 1.54) is 29.9 Å². The van der Waals surface area contributed by atoms with E-state index >= 15 is 0 Å². The minimum Gasteiger partial charge on any atom is -0.306 e. The van der Waals surface area contributed by atoms with E-state index in [1.807, 2.05) is 0 Å². The lowest BCUT2D eigenvalue weighted by molar-refractivity contribution is 0.0938. The topological polar surface area (TPSA) is 108 Å². The SMILES string of the molecule is O=C(NNC(=S)Nc1n[nH]c(=S)s1)c1cnccn1. The highest BCUT2D eigenvalue weighted by atomic mass is 32.1. The second-order valence-corrected chi connectivity index (χ2v) is 5.12. The molecule has 0 fully saturated rings. The largest absolute Gasteiger partial charge is 0.306 e. The first-order valence-corrected chi connectivity index (χ1v) is 6.47. The van der Waals surface area contributed by atoms with Crippen LogP contribution < -0.4 is 16.2 Å². The number of anilines is 1. The van der Waals surface area contributed by atoms with Crippen molar-refractivity contribution in [2.45, 2.75) is 0 Å². The standard InChI is InChI=1S/C8H7N7OS3/c16-5(4-3-9-1-2-10-4)12-13-6(17)11-7-14-15-8(18)19-7/h1-3H,(H,12,16)(H,15,18)(H2,11,13,14,17). The Bertz CT molecular complexity index is 637. The van der Waals surface area contributed by atoms with Crippen LogP contribution in [-0.2, 0) is 0 Å². The van der Waals surface area contributed by atoms with Gasteiger partial charge in [-0.05, 0) is 24.4 Å². The van der Waals surface area contributed by atoms with Gasteiger partial charge in [-0.2, -0.15) is 0 Å². The third-order valence-corrected chi connectivity index (χ3v) is 2.95. The van der Waals surface area contributed by atoms with Crippen LogP contribution in [-0.4, -0.2) is 31.2 Å². The number of aromatic amines is 1. The number of hydrazine groups is 1. The molecule has 0 saturated heterocycles. The van der Waals surface area contributed by atoms with Crippen molar-refractivity contribution in [3.63, 3.8) is 0 Å². The molecule has 19 heavy (non-hydrogen) atoms. The van der Waals surface area contributed by atoms with Gasteiger partial charge in [0.05, 0.1) is 6.20 Å². The Kier molecular flexibility index (Phi) is 4.43. The predicted octanol–water partition coefficient (Wildman–Crippen LogP) is 0.622. The highest BCUT2D eigenvalue weighted by molar-refractivity contribution is 7.80. The van der Waals surface area contributed by atoms with Crippen LogP contribution in [0.15, 0.2) is 18.6 Å². The van der Waals surface area contributed by atoms with E-state index in [4.69, 9.17) is 24.4 Å². The second-order valence-electron chi connectivity index (χ2n) is 3.04. The van der Waals surface area contributed by atoms with Crippen LogP contribution in [0, 0.1) is 3.95 Å². The summed E-state index contributed by atoms with van der Waals surface area (Å²) < 4.78 is 0.522. The molecule has 2 heterocycles. The Morgan fingerprint density at radius 1 is 1.37 bits per heavy atom. The average Bonchev–Trinajstić information content (AvgIpc) is 2.82. The molecular formula is C8H7N7OS3. The Morgan fingerprint density at radius 2 is 2.21 bits per heavy atom.